The molecular formula is C28H33ClFN3O6S. The van der Waals surface area contributed by atoms with E-state index in [9.17, 15) is 12.8 Å². The number of benzene rings is 2. The molecule has 12 heteroatoms. The first-order chi connectivity index (χ1) is 19.0. The smallest absolute Gasteiger partial charge is 0.271 e. The van der Waals surface area contributed by atoms with Crippen molar-refractivity contribution >= 4 is 39.0 Å². The molecule has 0 saturated heterocycles. The van der Waals surface area contributed by atoms with Crippen molar-refractivity contribution in [3.8, 4) is 11.6 Å². The van der Waals surface area contributed by atoms with Crippen LogP contribution in [0.15, 0.2) is 59.8 Å². The normalized spacial score (nSPS) is 13.1. The number of ether oxygens (including phenoxy) is 3. The van der Waals surface area contributed by atoms with E-state index in [1.807, 2.05) is 6.92 Å². The number of fused-ring (bicyclic) bond motifs is 1. The molecule has 0 aliphatic carbocycles. The summed E-state index contributed by atoms with van der Waals surface area (Å²) < 4.78 is 59.8. The second-order valence-corrected chi connectivity index (χ2v) is 11.0. The van der Waals surface area contributed by atoms with Gasteiger partial charge in [0.05, 0.1) is 36.7 Å². The van der Waals surface area contributed by atoms with E-state index in [2.05, 4.69) is 11.7 Å². The lowest BCUT2D eigenvalue weighted by atomic mass is 10.0. The van der Waals surface area contributed by atoms with Gasteiger partial charge < -0.3 is 19.3 Å². The number of halogens is 2. The first-order valence-electron chi connectivity index (χ1n) is 12.4. The molecule has 0 radical (unpaired) electrons. The van der Waals surface area contributed by atoms with Gasteiger partial charge in [0.1, 0.15) is 24.8 Å². The lowest BCUT2D eigenvalue weighted by Gasteiger charge is -2.30. The predicted molar refractivity (Wildman–Crippen MR) is 154 cm³/mol. The van der Waals surface area contributed by atoms with Gasteiger partial charge in [-0.05, 0) is 42.3 Å². The predicted octanol–water partition coefficient (Wildman–Crippen LogP) is 5.29. The lowest BCUT2D eigenvalue weighted by Crippen LogP contribution is -2.38. The van der Waals surface area contributed by atoms with Crippen molar-refractivity contribution in [3.63, 3.8) is 0 Å². The van der Waals surface area contributed by atoms with Crippen LogP contribution < -0.4 is 13.8 Å². The van der Waals surface area contributed by atoms with Crippen molar-refractivity contribution in [2.24, 2.45) is 7.05 Å². The van der Waals surface area contributed by atoms with Gasteiger partial charge in [-0.15, -0.1) is 5.10 Å². The Morgan fingerprint density at radius 1 is 1.32 bits per heavy atom. The van der Waals surface area contributed by atoms with Crippen LogP contribution in [0.2, 0.25) is 5.02 Å². The van der Waals surface area contributed by atoms with E-state index in [0.717, 1.165) is 12.2 Å². The number of allylic oxidation sites excluding steroid dienone is 2. The highest BCUT2D eigenvalue weighted by Crippen LogP contribution is 2.38. The molecule has 3 aromatic rings. The van der Waals surface area contributed by atoms with Crippen LogP contribution in [0.4, 0.5) is 10.1 Å². The topological polar surface area (TPSA) is 103 Å². The summed E-state index contributed by atoms with van der Waals surface area (Å²) >= 11 is 6.19. The van der Waals surface area contributed by atoms with Gasteiger partial charge in [0.15, 0.2) is 4.90 Å². The van der Waals surface area contributed by atoms with Gasteiger partial charge in [-0.1, -0.05) is 43.3 Å². The zero-order valence-corrected chi connectivity index (χ0v) is 24.4. The molecule has 4 rings (SSSR count). The minimum atomic E-state index is -4.06. The van der Waals surface area contributed by atoms with Crippen LogP contribution in [-0.2, 0) is 21.8 Å². The Labute approximate surface area is 239 Å². The molecule has 1 aliphatic heterocycles. The quantitative estimate of drug-likeness (QED) is 0.266. The number of aromatic nitrogens is 2. The molecule has 1 N–H and O–H groups in total. The molecule has 0 fully saturated rings. The summed E-state index contributed by atoms with van der Waals surface area (Å²) in [4.78, 5) is -0.119. The molecule has 2 heterocycles. The fourth-order valence-electron chi connectivity index (χ4n) is 3.88. The summed E-state index contributed by atoms with van der Waals surface area (Å²) in [5, 5.41) is 13.4. The number of aliphatic hydroxyl groups is 1. The third-order valence-electron chi connectivity index (χ3n) is 5.89. The molecule has 0 bridgehead atoms. The SMILES string of the molecule is C/C(=C\c1ccc2c(c1)N(S(=O)(=O)c1cn(C)nc1OCCO)CCO2)c1c(F)cccc1Cl.C=C(CC)OC. The average molecular weight is 594 g/mol. The molecule has 2 aromatic carbocycles. The first-order valence-corrected chi connectivity index (χ1v) is 14.3. The van der Waals surface area contributed by atoms with E-state index in [1.54, 1.807) is 51.4 Å². The highest BCUT2D eigenvalue weighted by Gasteiger charge is 2.34. The molecule has 0 saturated carbocycles. The molecular weight excluding hydrogens is 561 g/mol. The molecule has 1 aliphatic rings. The Morgan fingerprint density at radius 2 is 2.08 bits per heavy atom. The van der Waals surface area contributed by atoms with Gasteiger partial charge in [-0.3, -0.25) is 8.99 Å². The van der Waals surface area contributed by atoms with Crippen LogP contribution in [0.25, 0.3) is 11.6 Å². The van der Waals surface area contributed by atoms with Crippen molar-refractivity contribution in [2.45, 2.75) is 25.2 Å². The third kappa shape index (κ3) is 7.15. The average Bonchev–Trinajstić information content (AvgIpc) is 3.32. The maximum atomic E-state index is 14.3. The number of rotatable bonds is 9. The maximum absolute atomic E-state index is 14.3. The van der Waals surface area contributed by atoms with Crippen LogP contribution in [0.5, 0.6) is 11.6 Å². The number of hydrogen-bond donors (Lipinski definition) is 1. The van der Waals surface area contributed by atoms with Crippen LogP contribution in [0.3, 0.4) is 0 Å². The fraction of sp³-hybridized carbons (Fsp3) is 0.321. The zero-order chi connectivity index (χ0) is 29.4. The standard InChI is InChI=1S/C23H23ClFN3O5S.C5H10O/c1-15(22-17(24)4-3-5-18(22)25)12-16-6-7-20-19(13-16)28(8-10-32-20)34(30,31)21-14-27(2)26-23(21)33-11-9-29;1-4-5(2)6-3/h3-7,12-14,29H,8-11H2,1-2H3;2,4H2,1,3H3/b15-12+;. The van der Waals surface area contributed by atoms with E-state index in [0.29, 0.717) is 22.6 Å². The number of hydrogen-bond acceptors (Lipinski definition) is 7. The number of aryl methyl sites for hydroxylation is 1. The van der Waals surface area contributed by atoms with Gasteiger partial charge >= 0.3 is 0 Å². The van der Waals surface area contributed by atoms with Crippen LogP contribution in [-0.4, -0.2) is 56.8 Å². The Morgan fingerprint density at radius 3 is 2.70 bits per heavy atom. The molecule has 40 heavy (non-hydrogen) atoms. The van der Waals surface area contributed by atoms with E-state index < -0.39 is 15.8 Å². The molecule has 0 amide bonds. The van der Waals surface area contributed by atoms with Gasteiger partial charge in [-0.2, -0.15) is 0 Å². The van der Waals surface area contributed by atoms with Crippen molar-refractivity contribution in [3.05, 3.63) is 76.9 Å². The highest BCUT2D eigenvalue weighted by molar-refractivity contribution is 7.93. The molecule has 0 atom stereocenters. The summed E-state index contributed by atoms with van der Waals surface area (Å²) in [6.07, 6.45) is 3.99. The van der Waals surface area contributed by atoms with E-state index in [4.69, 9.17) is 30.9 Å². The van der Waals surface area contributed by atoms with Crippen LogP contribution in [0.1, 0.15) is 31.4 Å². The summed E-state index contributed by atoms with van der Waals surface area (Å²) in [6.45, 7) is 7.18. The number of methoxy groups -OCH3 is 1. The summed E-state index contributed by atoms with van der Waals surface area (Å²) in [5.74, 6) is 0.703. The van der Waals surface area contributed by atoms with Crippen LogP contribution >= 0.6 is 11.6 Å². The van der Waals surface area contributed by atoms with Crippen molar-refractivity contribution in [1.29, 1.82) is 0 Å². The minimum absolute atomic E-state index is 0.0783. The van der Waals surface area contributed by atoms with Gasteiger partial charge in [0.25, 0.3) is 15.9 Å². The van der Waals surface area contributed by atoms with Crippen molar-refractivity contribution < 1.29 is 32.1 Å². The number of anilines is 1. The number of sulfonamides is 1. The maximum Gasteiger partial charge on any atom is 0.271 e. The largest absolute Gasteiger partial charge is 0.502 e. The number of aliphatic hydroxyl groups excluding tert-OH is 1. The molecule has 0 unspecified atom stereocenters. The van der Waals surface area contributed by atoms with Crippen molar-refractivity contribution in [2.75, 3.05) is 37.8 Å². The Hall–Kier alpha value is -3.54. The molecule has 1 aromatic heterocycles. The van der Waals surface area contributed by atoms with E-state index in [-0.39, 0.29) is 47.7 Å². The molecule has 9 nitrogen and oxygen atoms in total. The highest BCUT2D eigenvalue weighted by atomic mass is 35.5. The Balaban J connectivity index is 0.000000663. The monoisotopic (exact) mass is 593 g/mol. The first kappa shape index (κ1) is 31.0. The van der Waals surface area contributed by atoms with Gasteiger partial charge in [-0.25, -0.2) is 12.8 Å². The number of nitrogens with zero attached hydrogens (tertiary/aromatic N) is 3. The fourth-order valence-corrected chi connectivity index (χ4v) is 5.75. The minimum Gasteiger partial charge on any atom is -0.502 e. The second kappa shape index (κ2) is 13.7. The zero-order valence-electron chi connectivity index (χ0n) is 22.9. The summed E-state index contributed by atoms with van der Waals surface area (Å²) in [6, 6.07) is 9.56. The van der Waals surface area contributed by atoms with Crippen molar-refractivity contribution in [1.82, 2.24) is 9.78 Å². The summed E-state index contributed by atoms with van der Waals surface area (Å²) in [7, 11) is -0.853. The third-order valence-corrected chi connectivity index (χ3v) is 8.00. The molecule has 216 valence electrons. The molecule has 0 spiro atoms. The lowest BCUT2D eigenvalue weighted by molar-refractivity contribution is 0.193. The van der Waals surface area contributed by atoms with E-state index in [1.165, 1.54) is 27.3 Å². The van der Waals surface area contributed by atoms with Crippen LogP contribution in [0, 0.1) is 5.82 Å². The van der Waals surface area contributed by atoms with E-state index >= 15 is 0 Å². The Bertz CT molecular complexity index is 1460. The van der Waals surface area contributed by atoms with Gasteiger partial charge in [0.2, 0.25) is 0 Å². The van der Waals surface area contributed by atoms with Gasteiger partial charge in [0, 0.05) is 25.2 Å². The summed E-state index contributed by atoms with van der Waals surface area (Å²) in [5.41, 5.74) is 1.85. The second-order valence-electron chi connectivity index (χ2n) is 8.72. The Kier molecular flexibility index (Phi) is 10.6.